The summed E-state index contributed by atoms with van der Waals surface area (Å²) in [6.07, 6.45) is 1.76. The first-order chi connectivity index (χ1) is 16.7. The van der Waals surface area contributed by atoms with Crippen LogP contribution in [-0.4, -0.2) is 32.3 Å². The Balaban J connectivity index is 1.75. The molecular weight excluding hydrogens is 458 g/mol. The van der Waals surface area contributed by atoms with E-state index in [1.54, 1.807) is 12.1 Å². The van der Waals surface area contributed by atoms with Crippen LogP contribution in [0.1, 0.15) is 52.8 Å². The number of nitrogens with zero attached hydrogens (tertiary/aromatic N) is 3. The Morgan fingerprint density at radius 2 is 1.77 bits per heavy atom. The van der Waals surface area contributed by atoms with Crippen molar-refractivity contribution in [3.8, 4) is 0 Å². The highest BCUT2D eigenvalue weighted by Gasteiger charge is 2.26. The van der Waals surface area contributed by atoms with Crippen molar-refractivity contribution in [3.63, 3.8) is 0 Å². The fourth-order valence-corrected chi connectivity index (χ4v) is 4.61. The zero-order chi connectivity index (χ0) is 25.5. The second-order valence-electron chi connectivity index (χ2n) is 9.02. The highest BCUT2D eigenvalue weighted by molar-refractivity contribution is 7.99. The number of carbonyl (C=O) groups is 2. The fourth-order valence-electron chi connectivity index (χ4n) is 3.85. The Kier molecular flexibility index (Phi) is 8.87. The van der Waals surface area contributed by atoms with Gasteiger partial charge in [0, 0.05) is 17.8 Å². The number of anilines is 1. The SMILES string of the molecule is C=CCn1c(SCC(=O)Nc2cc(C)cc(C)c2)nnc1[C@@H](NC(=O)c1cccc(C)c1)C(C)C. The molecule has 0 bridgehead atoms. The Morgan fingerprint density at radius 1 is 1.06 bits per heavy atom. The van der Waals surface area contributed by atoms with Crippen molar-refractivity contribution in [1.82, 2.24) is 20.1 Å². The number of thioether (sulfide) groups is 1. The lowest BCUT2D eigenvalue weighted by atomic mass is 10.0. The van der Waals surface area contributed by atoms with Crippen molar-refractivity contribution >= 4 is 29.3 Å². The zero-order valence-electron chi connectivity index (χ0n) is 21.0. The molecule has 35 heavy (non-hydrogen) atoms. The Hall–Kier alpha value is -3.39. The molecule has 1 heterocycles. The molecule has 2 amide bonds. The summed E-state index contributed by atoms with van der Waals surface area (Å²) in [4.78, 5) is 25.5. The van der Waals surface area contributed by atoms with Gasteiger partial charge in [-0.1, -0.05) is 55.4 Å². The molecule has 0 aliphatic heterocycles. The van der Waals surface area contributed by atoms with Crippen LogP contribution >= 0.6 is 11.8 Å². The molecule has 7 nitrogen and oxygen atoms in total. The maximum absolute atomic E-state index is 13.0. The molecule has 0 unspecified atom stereocenters. The summed E-state index contributed by atoms with van der Waals surface area (Å²) in [7, 11) is 0. The average molecular weight is 492 g/mol. The quantitative estimate of drug-likeness (QED) is 0.299. The van der Waals surface area contributed by atoms with Crippen molar-refractivity contribution in [1.29, 1.82) is 0 Å². The van der Waals surface area contributed by atoms with Crippen molar-refractivity contribution in [2.75, 3.05) is 11.1 Å². The summed E-state index contributed by atoms with van der Waals surface area (Å²) in [5.41, 5.74) is 4.58. The molecule has 3 aromatic rings. The monoisotopic (exact) mass is 491 g/mol. The van der Waals surface area contributed by atoms with Gasteiger partial charge in [0.05, 0.1) is 11.8 Å². The smallest absolute Gasteiger partial charge is 0.251 e. The largest absolute Gasteiger partial charge is 0.342 e. The topological polar surface area (TPSA) is 88.9 Å². The van der Waals surface area contributed by atoms with Crippen molar-refractivity contribution in [3.05, 3.63) is 83.2 Å². The number of aromatic nitrogens is 3. The molecule has 0 aliphatic rings. The molecule has 184 valence electrons. The lowest BCUT2D eigenvalue weighted by Crippen LogP contribution is -2.34. The number of nitrogens with one attached hydrogen (secondary N) is 2. The van der Waals surface area contributed by atoms with E-state index in [0.29, 0.717) is 23.1 Å². The lowest BCUT2D eigenvalue weighted by Gasteiger charge is -2.22. The molecule has 0 fully saturated rings. The molecule has 1 aromatic heterocycles. The van der Waals surface area contributed by atoms with Gasteiger partial charge < -0.3 is 15.2 Å². The van der Waals surface area contributed by atoms with Crippen LogP contribution in [0.15, 0.2) is 60.3 Å². The van der Waals surface area contributed by atoms with E-state index in [1.807, 2.05) is 69.5 Å². The van der Waals surface area contributed by atoms with Gasteiger partial charge in [0.2, 0.25) is 5.91 Å². The minimum Gasteiger partial charge on any atom is -0.342 e. The fraction of sp³-hybridized carbons (Fsp3) is 0.333. The second kappa shape index (κ2) is 11.8. The van der Waals surface area contributed by atoms with Crippen LogP contribution in [0.5, 0.6) is 0 Å². The van der Waals surface area contributed by atoms with Crippen LogP contribution in [0.2, 0.25) is 0 Å². The summed E-state index contributed by atoms with van der Waals surface area (Å²) >= 11 is 1.31. The van der Waals surface area contributed by atoms with Gasteiger partial charge in [0.1, 0.15) is 0 Å². The third-order valence-electron chi connectivity index (χ3n) is 5.41. The first kappa shape index (κ1) is 26.2. The molecule has 0 radical (unpaired) electrons. The lowest BCUT2D eigenvalue weighted by molar-refractivity contribution is -0.113. The Labute approximate surface area is 211 Å². The van der Waals surface area contributed by atoms with E-state index in [2.05, 4.69) is 33.5 Å². The number of allylic oxidation sites excluding steroid dienone is 1. The Bertz CT molecular complexity index is 1200. The first-order valence-corrected chi connectivity index (χ1v) is 12.6. The molecule has 8 heteroatoms. The number of hydrogen-bond donors (Lipinski definition) is 2. The normalized spacial score (nSPS) is 11.8. The van der Waals surface area contributed by atoms with E-state index in [9.17, 15) is 9.59 Å². The molecule has 0 aliphatic carbocycles. The summed E-state index contributed by atoms with van der Waals surface area (Å²) in [5, 5.41) is 15.4. The van der Waals surface area contributed by atoms with Gasteiger partial charge in [-0.3, -0.25) is 9.59 Å². The number of amides is 2. The Morgan fingerprint density at radius 3 is 2.40 bits per heavy atom. The predicted molar refractivity (Wildman–Crippen MR) is 142 cm³/mol. The third-order valence-corrected chi connectivity index (χ3v) is 6.37. The van der Waals surface area contributed by atoms with Crippen molar-refractivity contribution < 1.29 is 9.59 Å². The first-order valence-electron chi connectivity index (χ1n) is 11.6. The second-order valence-corrected chi connectivity index (χ2v) is 9.96. The number of aryl methyl sites for hydroxylation is 3. The van der Waals surface area contributed by atoms with Crippen molar-refractivity contribution in [2.24, 2.45) is 5.92 Å². The predicted octanol–water partition coefficient (Wildman–Crippen LogP) is 5.25. The van der Waals surface area contributed by atoms with Gasteiger partial charge in [0.15, 0.2) is 11.0 Å². The van der Waals surface area contributed by atoms with E-state index in [1.165, 1.54) is 11.8 Å². The van der Waals surface area contributed by atoms with Gasteiger partial charge in [0.25, 0.3) is 5.91 Å². The van der Waals surface area contributed by atoms with E-state index in [0.717, 1.165) is 22.4 Å². The van der Waals surface area contributed by atoms with E-state index in [-0.39, 0.29) is 29.5 Å². The van der Waals surface area contributed by atoms with Gasteiger partial charge in [-0.25, -0.2) is 0 Å². The maximum atomic E-state index is 13.0. The van der Waals surface area contributed by atoms with E-state index < -0.39 is 0 Å². The average Bonchev–Trinajstić information content (AvgIpc) is 3.17. The molecule has 0 spiro atoms. The van der Waals surface area contributed by atoms with Gasteiger partial charge in [-0.05, 0) is 62.1 Å². The molecule has 2 N–H and O–H groups in total. The minimum absolute atomic E-state index is 0.0715. The minimum atomic E-state index is -0.353. The van der Waals surface area contributed by atoms with Gasteiger partial charge in [-0.2, -0.15) is 0 Å². The highest BCUT2D eigenvalue weighted by Crippen LogP contribution is 2.26. The summed E-state index contributed by atoms with van der Waals surface area (Å²) in [6, 6.07) is 13.1. The van der Waals surface area contributed by atoms with E-state index >= 15 is 0 Å². The third kappa shape index (κ3) is 7.05. The number of carbonyl (C=O) groups excluding carboxylic acids is 2. The maximum Gasteiger partial charge on any atom is 0.251 e. The van der Waals surface area contributed by atoms with E-state index in [4.69, 9.17) is 0 Å². The van der Waals surface area contributed by atoms with Crippen LogP contribution in [-0.2, 0) is 11.3 Å². The van der Waals surface area contributed by atoms with Gasteiger partial charge in [-0.15, -0.1) is 16.8 Å². The number of hydrogen-bond acceptors (Lipinski definition) is 5. The molecule has 0 saturated carbocycles. The summed E-state index contributed by atoms with van der Waals surface area (Å²) in [6.45, 7) is 14.3. The highest BCUT2D eigenvalue weighted by atomic mass is 32.2. The van der Waals surface area contributed by atoms with Crippen molar-refractivity contribution in [2.45, 2.75) is 52.4 Å². The van der Waals surface area contributed by atoms with Crippen LogP contribution < -0.4 is 10.6 Å². The van der Waals surface area contributed by atoms with Gasteiger partial charge >= 0.3 is 0 Å². The molecule has 0 saturated heterocycles. The van der Waals surface area contributed by atoms with Crippen LogP contribution in [0.4, 0.5) is 5.69 Å². The summed E-state index contributed by atoms with van der Waals surface area (Å²) < 4.78 is 1.91. The zero-order valence-corrected chi connectivity index (χ0v) is 21.8. The number of benzene rings is 2. The van der Waals surface area contributed by atoms with Crippen LogP contribution in [0, 0.1) is 26.7 Å². The molecular formula is C27H33N5O2S. The molecule has 1 atom stereocenters. The van der Waals surface area contributed by atoms with Crippen LogP contribution in [0.3, 0.4) is 0 Å². The molecule has 3 rings (SSSR count). The van der Waals surface area contributed by atoms with Crippen LogP contribution in [0.25, 0.3) is 0 Å². The standard InChI is InChI=1S/C27H33N5O2S/c1-7-11-32-25(24(17(2)3)29-26(34)21-10-8-9-18(4)13-21)30-31-27(32)35-16-23(33)28-22-14-19(5)12-20(6)15-22/h7-10,12-15,17,24H,1,11,16H2,2-6H3,(H,28,33)(H,29,34)/t24-/m0/s1. The number of rotatable bonds is 10. The molecule has 2 aromatic carbocycles. The summed E-state index contributed by atoms with van der Waals surface area (Å²) in [5.74, 6) is 0.607.